The van der Waals surface area contributed by atoms with E-state index in [2.05, 4.69) is 26.1 Å². The van der Waals surface area contributed by atoms with E-state index < -0.39 is 31.7 Å². The molecule has 0 aliphatic heterocycles. The molecule has 3 N–H and O–H groups in total. The van der Waals surface area contributed by atoms with Crippen molar-refractivity contribution in [3.63, 3.8) is 0 Å². The van der Waals surface area contributed by atoms with Crippen molar-refractivity contribution in [2.45, 2.75) is 4.90 Å². The summed E-state index contributed by atoms with van der Waals surface area (Å²) >= 11 is 6.00. The summed E-state index contributed by atoms with van der Waals surface area (Å²) in [6.45, 7) is 0. The number of hydrogen-bond donors (Lipinski definition) is 3. The first-order valence-electron chi connectivity index (χ1n) is 9.27. The van der Waals surface area contributed by atoms with Crippen LogP contribution in [0.5, 0.6) is 0 Å². The van der Waals surface area contributed by atoms with Crippen LogP contribution < -0.4 is 10.7 Å². The van der Waals surface area contributed by atoms with Gasteiger partial charge in [-0.1, -0.05) is 41.9 Å². The molecule has 0 unspecified atom stereocenters. The van der Waals surface area contributed by atoms with E-state index in [9.17, 15) is 27.9 Å². The normalized spacial score (nSPS) is 11.9. The van der Waals surface area contributed by atoms with Gasteiger partial charge in [0, 0.05) is 17.8 Å². The number of para-hydroxylation sites is 2. The van der Waals surface area contributed by atoms with Crippen molar-refractivity contribution >= 4 is 56.2 Å². The maximum absolute atomic E-state index is 12.7. The van der Waals surface area contributed by atoms with E-state index in [1.165, 1.54) is 24.3 Å². The number of nitro groups is 1. The third kappa shape index (κ3) is 6.41. The Morgan fingerprint density at radius 3 is 2.35 bits per heavy atom. The van der Waals surface area contributed by atoms with Crippen molar-refractivity contribution in [2.24, 2.45) is 15.3 Å². The zero-order valence-electron chi connectivity index (χ0n) is 17.0. The third-order valence-corrected chi connectivity index (χ3v) is 5.29. The molecule has 0 radical (unpaired) electrons. The molecule has 174 valence electrons. The number of hydrogen-bond acceptors (Lipinski definition) is 8. The predicted molar refractivity (Wildman–Crippen MR) is 125 cm³/mol. The minimum Gasteiger partial charge on any atom is -0.319 e. The Balaban J connectivity index is 1.95. The number of nitrogens with zero attached hydrogens (tertiary/aromatic N) is 4. The fourth-order valence-corrected chi connectivity index (χ4v) is 3.37. The van der Waals surface area contributed by atoms with Gasteiger partial charge in [0.2, 0.25) is 0 Å². The number of hydrazone groups is 1. The number of carbonyl (C=O) groups excluding carboxylic acids is 1. The summed E-state index contributed by atoms with van der Waals surface area (Å²) in [5, 5.41) is 24.7. The van der Waals surface area contributed by atoms with Crippen LogP contribution in [0.2, 0.25) is 5.02 Å². The molecule has 0 aromatic heterocycles. The summed E-state index contributed by atoms with van der Waals surface area (Å²) < 4.78 is 32.5. The molecule has 0 bridgehead atoms. The van der Waals surface area contributed by atoms with Gasteiger partial charge in [-0.25, -0.2) is 0 Å². The van der Waals surface area contributed by atoms with E-state index in [1.54, 1.807) is 30.3 Å². The molecule has 0 fully saturated rings. The highest BCUT2D eigenvalue weighted by molar-refractivity contribution is 7.86. The second-order valence-electron chi connectivity index (χ2n) is 6.43. The molecule has 0 heterocycles. The number of benzene rings is 3. The van der Waals surface area contributed by atoms with E-state index in [1.807, 2.05) is 0 Å². The number of halogens is 1. The van der Waals surface area contributed by atoms with Crippen LogP contribution in [0.15, 0.2) is 93.0 Å². The molecule has 0 aliphatic carbocycles. The second kappa shape index (κ2) is 10.6. The van der Waals surface area contributed by atoms with Gasteiger partial charge in [0.05, 0.1) is 15.6 Å². The highest BCUT2D eigenvalue weighted by atomic mass is 35.5. The molecule has 0 saturated heterocycles. The molecule has 14 heteroatoms. The number of nitro benzene ring substituents is 1. The van der Waals surface area contributed by atoms with E-state index in [0.717, 1.165) is 18.2 Å². The van der Waals surface area contributed by atoms with Crippen LogP contribution in [0, 0.1) is 10.1 Å². The topological polar surface area (TPSA) is 176 Å². The van der Waals surface area contributed by atoms with Gasteiger partial charge in [-0.05, 0) is 30.3 Å². The van der Waals surface area contributed by atoms with E-state index >= 15 is 0 Å². The number of rotatable bonds is 6. The molecule has 0 atom stereocenters. The average Bonchev–Trinajstić information content (AvgIpc) is 2.80. The van der Waals surface area contributed by atoms with Gasteiger partial charge in [0.25, 0.3) is 27.5 Å². The Kier molecular flexibility index (Phi) is 7.63. The van der Waals surface area contributed by atoms with Gasteiger partial charge in [-0.2, -0.15) is 8.42 Å². The zero-order chi connectivity index (χ0) is 24.7. The first-order valence-corrected chi connectivity index (χ1v) is 11.1. The number of nitrogens with one attached hydrogen (secondary N) is 2. The Labute approximate surface area is 197 Å². The second-order valence-corrected chi connectivity index (χ2v) is 8.23. The number of amides is 1. The maximum Gasteiger partial charge on any atom is 0.297 e. The van der Waals surface area contributed by atoms with Crippen LogP contribution in [0.4, 0.5) is 22.7 Å². The minimum atomic E-state index is -4.58. The van der Waals surface area contributed by atoms with Crippen LogP contribution in [0.3, 0.4) is 0 Å². The van der Waals surface area contributed by atoms with Gasteiger partial charge in [-0.15, -0.1) is 15.3 Å². The van der Waals surface area contributed by atoms with Gasteiger partial charge in [-0.3, -0.25) is 24.9 Å². The van der Waals surface area contributed by atoms with Crippen LogP contribution in [0.25, 0.3) is 0 Å². The fourth-order valence-electron chi connectivity index (χ4n) is 2.52. The van der Waals surface area contributed by atoms with Crippen LogP contribution in [-0.4, -0.2) is 29.6 Å². The number of azo groups is 1. The van der Waals surface area contributed by atoms with Gasteiger partial charge < -0.3 is 5.32 Å². The van der Waals surface area contributed by atoms with E-state index in [4.69, 9.17) is 11.6 Å². The number of non-ortho nitro benzene ring substituents is 1. The lowest BCUT2D eigenvalue weighted by atomic mass is 10.3. The van der Waals surface area contributed by atoms with Crippen LogP contribution in [0.1, 0.15) is 0 Å². The highest BCUT2D eigenvalue weighted by Gasteiger charge is 2.17. The molecule has 12 nitrogen and oxygen atoms in total. The van der Waals surface area contributed by atoms with E-state index in [0.29, 0.717) is 5.69 Å². The summed E-state index contributed by atoms with van der Waals surface area (Å²) in [4.78, 5) is 22.5. The van der Waals surface area contributed by atoms with Crippen molar-refractivity contribution in [1.29, 1.82) is 0 Å². The highest BCUT2D eigenvalue weighted by Crippen LogP contribution is 2.29. The SMILES string of the molecule is O=C(Nc1ccccc1)/C(N=Nc1ccc([N+](=O)[O-])cc1Cl)=N/Nc1ccccc1S(=O)(=O)O. The van der Waals surface area contributed by atoms with E-state index in [-0.39, 0.29) is 22.1 Å². The Morgan fingerprint density at radius 1 is 1.03 bits per heavy atom. The fraction of sp³-hybridized carbons (Fsp3) is 0. The number of carbonyl (C=O) groups is 1. The lowest BCUT2D eigenvalue weighted by Gasteiger charge is -2.07. The monoisotopic (exact) mass is 502 g/mol. The first-order chi connectivity index (χ1) is 16.1. The Bertz CT molecular complexity index is 1400. The average molecular weight is 503 g/mol. The van der Waals surface area contributed by atoms with Crippen molar-refractivity contribution < 1.29 is 22.7 Å². The number of amidine groups is 1. The molecule has 3 aromatic rings. The molecule has 3 rings (SSSR count). The lowest BCUT2D eigenvalue weighted by Crippen LogP contribution is -2.22. The Morgan fingerprint density at radius 2 is 1.71 bits per heavy atom. The van der Waals surface area contributed by atoms with Crippen LogP contribution >= 0.6 is 11.6 Å². The van der Waals surface area contributed by atoms with Crippen LogP contribution in [-0.2, 0) is 14.9 Å². The maximum atomic E-state index is 12.7. The minimum absolute atomic E-state index is 0.0193. The molecule has 0 saturated carbocycles. The molecule has 3 aromatic carbocycles. The molecular weight excluding hydrogens is 488 g/mol. The number of anilines is 2. The molecule has 1 amide bonds. The summed E-state index contributed by atoms with van der Waals surface area (Å²) in [6.07, 6.45) is 0. The van der Waals surface area contributed by atoms with Crippen molar-refractivity contribution in [3.05, 3.63) is 87.9 Å². The van der Waals surface area contributed by atoms with Gasteiger partial charge >= 0.3 is 0 Å². The smallest absolute Gasteiger partial charge is 0.297 e. The van der Waals surface area contributed by atoms with Gasteiger partial charge in [0.1, 0.15) is 10.6 Å². The molecule has 34 heavy (non-hydrogen) atoms. The lowest BCUT2D eigenvalue weighted by molar-refractivity contribution is -0.384. The first kappa shape index (κ1) is 24.4. The summed E-state index contributed by atoms with van der Waals surface area (Å²) in [7, 11) is -4.58. The molecule has 0 aliphatic rings. The standard InChI is InChI=1S/C20H15ClN6O6S/c21-15-12-14(27(29)30)10-11-16(15)23-25-19(20(28)22-13-6-2-1-3-7-13)26-24-17-8-4-5-9-18(17)34(31,32)33/h1-12,24H,(H,22,28)(H,31,32,33)/b25-23?,26-19-. The van der Waals surface area contributed by atoms with Crippen molar-refractivity contribution in [1.82, 2.24) is 0 Å². The predicted octanol–water partition coefficient (Wildman–Crippen LogP) is 4.64. The molecular formula is C20H15ClN6O6S. The largest absolute Gasteiger partial charge is 0.319 e. The third-order valence-electron chi connectivity index (χ3n) is 4.08. The quantitative estimate of drug-likeness (QED) is 0.110. The van der Waals surface area contributed by atoms with Crippen molar-refractivity contribution in [3.8, 4) is 0 Å². The van der Waals surface area contributed by atoms with Crippen molar-refractivity contribution in [2.75, 3.05) is 10.7 Å². The zero-order valence-corrected chi connectivity index (χ0v) is 18.6. The summed E-state index contributed by atoms with van der Waals surface area (Å²) in [5.41, 5.74) is 2.42. The molecule has 0 spiro atoms. The summed E-state index contributed by atoms with van der Waals surface area (Å²) in [6, 6.07) is 17.1. The van der Waals surface area contributed by atoms with Gasteiger partial charge in [0.15, 0.2) is 0 Å². The summed E-state index contributed by atoms with van der Waals surface area (Å²) in [5.74, 6) is -1.35. The Hall–Kier alpha value is -4.20.